The summed E-state index contributed by atoms with van der Waals surface area (Å²) in [4.78, 5) is 12.6. The Morgan fingerprint density at radius 3 is 2.54 bits per heavy atom. The second-order valence-electron chi connectivity index (χ2n) is 6.28. The van der Waals surface area contributed by atoms with Gasteiger partial charge in [0.1, 0.15) is 0 Å². The lowest BCUT2D eigenvalue weighted by Crippen LogP contribution is -2.28. The largest absolute Gasteiger partial charge is 0.345 e. The van der Waals surface area contributed by atoms with Crippen LogP contribution in [-0.4, -0.2) is 20.4 Å². The Morgan fingerprint density at radius 2 is 1.88 bits per heavy atom. The summed E-state index contributed by atoms with van der Waals surface area (Å²) in [6, 6.07) is 10.7. The highest BCUT2D eigenvalue weighted by molar-refractivity contribution is 7.89. The van der Waals surface area contributed by atoms with Crippen LogP contribution in [0, 0.1) is 0 Å². The van der Waals surface area contributed by atoms with E-state index in [2.05, 4.69) is 10.0 Å². The van der Waals surface area contributed by atoms with E-state index in [-0.39, 0.29) is 28.4 Å². The van der Waals surface area contributed by atoms with Crippen molar-refractivity contribution in [3.05, 3.63) is 63.6 Å². The minimum absolute atomic E-state index is 0.00421. The number of rotatable bonds is 6. The summed E-state index contributed by atoms with van der Waals surface area (Å²) in [7, 11) is -3.61. The van der Waals surface area contributed by atoms with Gasteiger partial charge >= 0.3 is 0 Å². The number of benzene rings is 2. The molecule has 0 aliphatic heterocycles. The Bertz CT molecular complexity index is 943. The van der Waals surface area contributed by atoms with Crippen molar-refractivity contribution in [2.45, 2.75) is 36.7 Å². The summed E-state index contributed by atoms with van der Waals surface area (Å²) in [6.45, 7) is 1.79. The molecule has 138 valence electrons. The Labute approximate surface area is 162 Å². The van der Waals surface area contributed by atoms with Crippen LogP contribution in [0.4, 0.5) is 0 Å². The SMILES string of the molecule is C[C@H](NC(=O)c1cccc(S(=O)(=O)NC2CC2)c1)c1ccc(Cl)cc1Cl. The van der Waals surface area contributed by atoms with Gasteiger partial charge < -0.3 is 5.32 Å². The van der Waals surface area contributed by atoms with E-state index in [0.717, 1.165) is 18.4 Å². The Hall–Kier alpha value is -1.60. The van der Waals surface area contributed by atoms with E-state index >= 15 is 0 Å². The molecule has 0 heterocycles. The molecule has 1 aliphatic rings. The summed E-state index contributed by atoms with van der Waals surface area (Å²) in [6.07, 6.45) is 1.69. The summed E-state index contributed by atoms with van der Waals surface area (Å²) < 4.78 is 27.2. The van der Waals surface area contributed by atoms with Gasteiger partial charge in [-0.05, 0) is 55.7 Å². The number of hydrogen-bond acceptors (Lipinski definition) is 3. The van der Waals surface area contributed by atoms with Gasteiger partial charge in [-0.25, -0.2) is 13.1 Å². The molecule has 2 N–H and O–H groups in total. The molecule has 1 saturated carbocycles. The molecule has 0 spiro atoms. The van der Waals surface area contributed by atoms with Gasteiger partial charge in [-0.3, -0.25) is 4.79 Å². The van der Waals surface area contributed by atoms with Crippen molar-refractivity contribution in [3.63, 3.8) is 0 Å². The van der Waals surface area contributed by atoms with E-state index in [1.54, 1.807) is 37.3 Å². The predicted octanol–water partition coefficient (Wildman–Crippen LogP) is 3.93. The highest BCUT2D eigenvalue weighted by Gasteiger charge is 2.28. The monoisotopic (exact) mass is 412 g/mol. The maximum Gasteiger partial charge on any atom is 0.251 e. The van der Waals surface area contributed by atoms with Crippen molar-refractivity contribution in [1.29, 1.82) is 0 Å². The predicted molar refractivity (Wildman–Crippen MR) is 102 cm³/mol. The van der Waals surface area contributed by atoms with Crippen LogP contribution in [0.1, 0.15) is 41.7 Å². The molecule has 1 fully saturated rings. The van der Waals surface area contributed by atoms with Crippen LogP contribution in [0.3, 0.4) is 0 Å². The quantitative estimate of drug-likeness (QED) is 0.754. The molecule has 3 rings (SSSR count). The van der Waals surface area contributed by atoms with Gasteiger partial charge in [0.2, 0.25) is 10.0 Å². The van der Waals surface area contributed by atoms with Crippen LogP contribution < -0.4 is 10.0 Å². The minimum atomic E-state index is -3.61. The molecule has 0 aromatic heterocycles. The fourth-order valence-electron chi connectivity index (χ4n) is 2.50. The third-order valence-corrected chi connectivity index (χ3v) is 6.16. The third kappa shape index (κ3) is 4.57. The molecule has 0 saturated heterocycles. The molecule has 2 aromatic rings. The van der Waals surface area contributed by atoms with Crippen molar-refractivity contribution >= 4 is 39.1 Å². The number of carbonyl (C=O) groups excluding carboxylic acids is 1. The van der Waals surface area contributed by atoms with E-state index in [1.165, 1.54) is 12.1 Å². The van der Waals surface area contributed by atoms with Crippen molar-refractivity contribution in [1.82, 2.24) is 10.0 Å². The van der Waals surface area contributed by atoms with E-state index in [9.17, 15) is 13.2 Å². The first-order valence-electron chi connectivity index (χ1n) is 8.14. The molecule has 26 heavy (non-hydrogen) atoms. The fraction of sp³-hybridized carbons (Fsp3) is 0.278. The van der Waals surface area contributed by atoms with E-state index in [4.69, 9.17) is 23.2 Å². The van der Waals surface area contributed by atoms with Crippen LogP contribution in [0.25, 0.3) is 0 Å². The normalized spacial score (nSPS) is 15.5. The van der Waals surface area contributed by atoms with Gasteiger partial charge in [-0.1, -0.05) is 35.3 Å². The molecule has 1 aliphatic carbocycles. The summed E-state index contributed by atoms with van der Waals surface area (Å²) in [5, 5.41) is 3.79. The number of sulfonamides is 1. The van der Waals surface area contributed by atoms with Gasteiger partial charge in [0.25, 0.3) is 5.91 Å². The molecular weight excluding hydrogens is 395 g/mol. The zero-order chi connectivity index (χ0) is 18.9. The molecule has 2 aromatic carbocycles. The van der Waals surface area contributed by atoms with Gasteiger partial charge in [-0.15, -0.1) is 0 Å². The van der Waals surface area contributed by atoms with Gasteiger partial charge in [0, 0.05) is 21.7 Å². The van der Waals surface area contributed by atoms with Crippen molar-refractivity contribution in [3.8, 4) is 0 Å². The lowest BCUT2D eigenvalue weighted by atomic mass is 10.1. The maximum atomic E-state index is 12.5. The first-order valence-corrected chi connectivity index (χ1v) is 10.4. The molecule has 5 nitrogen and oxygen atoms in total. The smallest absolute Gasteiger partial charge is 0.251 e. The molecule has 1 atom stereocenters. The third-order valence-electron chi connectivity index (χ3n) is 4.08. The average Bonchev–Trinajstić information content (AvgIpc) is 3.38. The standard InChI is InChI=1S/C18H18Cl2N2O3S/c1-11(16-8-5-13(19)10-17(16)20)21-18(23)12-3-2-4-15(9-12)26(24,25)22-14-6-7-14/h2-5,8-11,14,22H,6-7H2,1H3,(H,21,23)/t11-/m0/s1. The summed E-state index contributed by atoms with van der Waals surface area (Å²) in [5.74, 6) is -0.382. The lowest BCUT2D eigenvalue weighted by Gasteiger charge is -2.16. The van der Waals surface area contributed by atoms with Crippen LogP contribution in [0.5, 0.6) is 0 Å². The van der Waals surface area contributed by atoms with Gasteiger partial charge in [-0.2, -0.15) is 0 Å². The molecule has 8 heteroatoms. The topological polar surface area (TPSA) is 75.3 Å². The molecule has 0 unspecified atom stereocenters. The van der Waals surface area contributed by atoms with E-state index < -0.39 is 10.0 Å². The van der Waals surface area contributed by atoms with Crippen LogP contribution in [-0.2, 0) is 10.0 Å². The van der Waals surface area contributed by atoms with E-state index in [0.29, 0.717) is 10.0 Å². The van der Waals surface area contributed by atoms with Crippen molar-refractivity contribution < 1.29 is 13.2 Å². The first kappa shape index (κ1) is 19.2. The second-order valence-corrected chi connectivity index (χ2v) is 8.84. The Kier molecular flexibility index (Phi) is 5.58. The zero-order valence-electron chi connectivity index (χ0n) is 14.0. The summed E-state index contributed by atoms with van der Waals surface area (Å²) in [5.41, 5.74) is 0.990. The highest BCUT2D eigenvalue weighted by atomic mass is 35.5. The number of nitrogens with one attached hydrogen (secondary N) is 2. The number of carbonyl (C=O) groups is 1. The Morgan fingerprint density at radius 1 is 1.15 bits per heavy atom. The van der Waals surface area contributed by atoms with Gasteiger partial charge in [0.05, 0.1) is 10.9 Å². The minimum Gasteiger partial charge on any atom is -0.345 e. The van der Waals surface area contributed by atoms with Crippen LogP contribution in [0.15, 0.2) is 47.4 Å². The second kappa shape index (κ2) is 7.56. The number of halogens is 2. The van der Waals surface area contributed by atoms with E-state index in [1.807, 2.05) is 0 Å². The molecular formula is C18H18Cl2N2O3S. The van der Waals surface area contributed by atoms with Gasteiger partial charge in [0.15, 0.2) is 0 Å². The lowest BCUT2D eigenvalue weighted by molar-refractivity contribution is 0.0939. The Balaban J connectivity index is 1.76. The van der Waals surface area contributed by atoms with Crippen molar-refractivity contribution in [2.75, 3.05) is 0 Å². The average molecular weight is 413 g/mol. The molecule has 0 bridgehead atoms. The van der Waals surface area contributed by atoms with Crippen molar-refractivity contribution in [2.24, 2.45) is 0 Å². The summed E-state index contributed by atoms with van der Waals surface area (Å²) >= 11 is 12.1. The molecule has 1 amide bonds. The van der Waals surface area contributed by atoms with Crippen LogP contribution in [0.2, 0.25) is 10.0 Å². The highest BCUT2D eigenvalue weighted by Crippen LogP contribution is 2.26. The van der Waals surface area contributed by atoms with Crippen LogP contribution >= 0.6 is 23.2 Å². The number of amides is 1. The first-order chi connectivity index (χ1) is 12.3. The number of hydrogen-bond donors (Lipinski definition) is 2. The zero-order valence-corrected chi connectivity index (χ0v) is 16.3. The maximum absolute atomic E-state index is 12.5. The fourth-order valence-corrected chi connectivity index (χ4v) is 4.43. The molecule has 0 radical (unpaired) electrons.